The quantitative estimate of drug-likeness (QED) is 0.697. The molecule has 0 bridgehead atoms. The second-order valence-corrected chi connectivity index (χ2v) is 6.07. The van der Waals surface area contributed by atoms with Gasteiger partial charge in [-0.1, -0.05) is 30.0 Å². The summed E-state index contributed by atoms with van der Waals surface area (Å²) in [5, 5.41) is 14.7. The zero-order valence-corrected chi connectivity index (χ0v) is 13.2. The summed E-state index contributed by atoms with van der Waals surface area (Å²) in [4.78, 5) is 12.2. The fraction of sp³-hybridized carbons (Fsp3) is 0.200. The van der Waals surface area contributed by atoms with E-state index in [2.05, 4.69) is 20.8 Å². The summed E-state index contributed by atoms with van der Waals surface area (Å²) in [6.07, 6.45) is 1.58. The van der Waals surface area contributed by atoms with E-state index in [1.165, 1.54) is 11.8 Å². The molecule has 3 aromatic rings. The van der Waals surface area contributed by atoms with Gasteiger partial charge in [0.1, 0.15) is 5.76 Å². The summed E-state index contributed by atoms with van der Waals surface area (Å²) in [5.41, 5.74) is 0.850. The summed E-state index contributed by atoms with van der Waals surface area (Å²) < 4.78 is 6.80. The first-order valence-corrected chi connectivity index (χ1v) is 7.92. The lowest BCUT2D eigenvalue weighted by Gasteiger charge is -2.11. The fourth-order valence-electron chi connectivity index (χ4n) is 1.93. The molecule has 1 amide bonds. The molecule has 0 fully saturated rings. The Morgan fingerprint density at radius 2 is 2.13 bits per heavy atom. The van der Waals surface area contributed by atoms with Gasteiger partial charge in [-0.3, -0.25) is 4.79 Å². The van der Waals surface area contributed by atoms with E-state index in [-0.39, 0.29) is 11.2 Å². The molecule has 0 aliphatic carbocycles. The number of benzene rings is 1. The van der Waals surface area contributed by atoms with Crippen LogP contribution in [0.25, 0.3) is 5.69 Å². The predicted molar refractivity (Wildman–Crippen MR) is 85.0 cm³/mol. The highest BCUT2D eigenvalue weighted by molar-refractivity contribution is 8.00. The van der Waals surface area contributed by atoms with Crippen LogP contribution in [0.2, 0.25) is 0 Å². The fourth-order valence-corrected chi connectivity index (χ4v) is 2.76. The molecule has 23 heavy (non-hydrogen) atoms. The Morgan fingerprint density at radius 3 is 2.87 bits per heavy atom. The topological polar surface area (TPSA) is 85.8 Å². The molecule has 2 aromatic heterocycles. The van der Waals surface area contributed by atoms with E-state index in [0.29, 0.717) is 17.5 Å². The number of carbonyl (C=O) groups is 1. The van der Waals surface area contributed by atoms with Gasteiger partial charge < -0.3 is 9.73 Å². The van der Waals surface area contributed by atoms with Crippen molar-refractivity contribution in [3.05, 3.63) is 54.5 Å². The normalized spacial score (nSPS) is 12.0. The summed E-state index contributed by atoms with van der Waals surface area (Å²) >= 11 is 1.30. The number of rotatable bonds is 6. The van der Waals surface area contributed by atoms with Crippen LogP contribution in [0.5, 0.6) is 0 Å². The average Bonchev–Trinajstić information content (AvgIpc) is 3.25. The number of tetrazole rings is 1. The molecule has 0 aliphatic heterocycles. The van der Waals surface area contributed by atoms with Crippen LogP contribution in [0.1, 0.15) is 12.7 Å². The maximum Gasteiger partial charge on any atom is 0.233 e. The number of aromatic nitrogens is 4. The number of furan rings is 1. The first-order valence-electron chi connectivity index (χ1n) is 7.04. The molecule has 1 N–H and O–H groups in total. The van der Waals surface area contributed by atoms with E-state index < -0.39 is 0 Å². The number of nitrogens with zero attached hydrogens (tertiary/aromatic N) is 4. The van der Waals surface area contributed by atoms with E-state index in [4.69, 9.17) is 4.42 Å². The number of para-hydroxylation sites is 1. The smallest absolute Gasteiger partial charge is 0.233 e. The molecular weight excluding hydrogens is 314 g/mol. The van der Waals surface area contributed by atoms with Crippen LogP contribution in [-0.4, -0.2) is 31.4 Å². The second-order valence-electron chi connectivity index (χ2n) is 4.77. The number of nitrogens with one attached hydrogen (secondary N) is 1. The van der Waals surface area contributed by atoms with Gasteiger partial charge in [-0.25, -0.2) is 0 Å². The van der Waals surface area contributed by atoms with Crippen LogP contribution in [0.4, 0.5) is 0 Å². The van der Waals surface area contributed by atoms with Crippen molar-refractivity contribution >= 4 is 17.7 Å². The predicted octanol–water partition coefficient (Wildman–Crippen LogP) is 2.05. The Morgan fingerprint density at radius 1 is 1.30 bits per heavy atom. The zero-order valence-electron chi connectivity index (χ0n) is 12.4. The zero-order chi connectivity index (χ0) is 16.1. The first kappa shape index (κ1) is 15.3. The third kappa shape index (κ3) is 3.78. The van der Waals surface area contributed by atoms with Crippen LogP contribution < -0.4 is 5.32 Å². The highest BCUT2D eigenvalue weighted by Crippen LogP contribution is 2.22. The Bertz CT molecular complexity index is 757. The lowest BCUT2D eigenvalue weighted by molar-refractivity contribution is -0.120. The molecule has 3 rings (SSSR count). The minimum Gasteiger partial charge on any atom is -0.467 e. The van der Waals surface area contributed by atoms with Crippen LogP contribution in [0.3, 0.4) is 0 Å². The van der Waals surface area contributed by atoms with E-state index >= 15 is 0 Å². The Labute approximate surface area is 137 Å². The van der Waals surface area contributed by atoms with Crippen molar-refractivity contribution in [3.63, 3.8) is 0 Å². The highest BCUT2D eigenvalue weighted by Gasteiger charge is 2.19. The average molecular weight is 329 g/mol. The number of hydrogen-bond acceptors (Lipinski definition) is 6. The van der Waals surface area contributed by atoms with E-state index in [9.17, 15) is 4.79 Å². The van der Waals surface area contributed by atoms with Gasteiger partial charge in [-0.2, -0.15) is 4.68 Å². The number of thioether (sulfide) groups is 1. The Kier molecular flexibility index (Phi) is 4.72. The molecule has 0 saturated carbocycles. The van der Waals surface area contributed by atoms with Crippen LogP contribution >= 0.6 is 11.8 Å². The third-order valence-corrected chi connectivity index (χ3v) is 4.14. The van der Waals surface area contributed by atoms with Gasteiger partial charge in [0.05, 0.1) is 23.7 Å². The van der Waals surface area contributed by atoms with Gasteiger partial charge in [-0.05, 0) is 41.6 Å². The van der Waals surface area contributed by atoms with Crippen molar-refractivity contribution in [1.29, 1.82) is 0 Å². The SMILES string of the molecule is C[C@@H](Sc1nnnn1-c1ccccc1)C(=O)NCc1ccco1. The monoisotopic (exact) mass is 329 g/mol. The van der Waals surface area contributed by atoms with Gasteiger partial charge >= 0.3 is 0 Å². The molecule has 0 spiro atoms. The van der Waals surface area contributed by atoms with Gasteiger partial charge in [0, 0.05) is 0 Å². The molecule has 118 valence electrons. The molecule has 1 atom stereocenters. The molecule has 0 aliphatic rings. The van der Waals surface area contributed by atoms with Crippen molar-refractivity contribution in [3.8, 4) is 5.69 Å². The van der Waals surface area contributed by atoms with Gasteiger partial charge in [0.2, 0.25) is 11.1 Å². The van der Waals surface area contributed by atoms with Gasteiger partial charge in [0.25, 0.3) is 0 Å². The van der Waals surface area contributed by atoms with Crippen molar-refractivity contribution in [2.45, 2.75) is 23.9 Å². The molecular formula is C15H15N5O2S. The largest absolute Gasteiger partial charge is 0.467 e. The number of hydrogen-bond donors (Lipinski definition) is 1. The lowest BCUT2D eigenvalue weighted by atomic mass is 10.3. The molecule has 0 radical (unpaired) electrons. The van der Waals surface area contributed by atoms with Crippen LogP contribution in [0.15, 0.2) is 58.3 Å². The van der Waals surface area contributed by atoms with Gasteiger partial charge in [-0.15, -0.1) is 5.10 Å². The third-order valence-electron chi connectivity index (χ3n) is 3.11. The van der Waals surface area contributed by atoms with Gasteiger partial charge in [0.15, 0.2) is 0 Å². The van der Waals surface area contributed by atoms with E-state index in [0.717, 1.165) is 5.69 Å². The first-order chi connectivity index (χ1) is 11.2. The second kappa shape index (κ2) is 7.10. The van der Waals surface area contributed by atoms with Crippen LogP contribution in [0, 0.1) is 0 Å². The number of amides is 1. The molecule has 7 nitrogen and oxygen atoms in total. The van der Waals surface area contributed by atoms with E-state index in [1.54, 1.807) is 17.0 Å². The van der Waals surface area contributed by atoms with Crippen molar-refractivity contribution in [1.82, 2.24) is 25.5 Å². The van der Waals surface area contributed by atoms with Crippen molar-refractivity contribution in [2.75, 3.05) is 0 Å². The highest BCUT2D eigenvalue weighted by atomic mass is 32.2. The molecule has 0 saturated heterocycles. The van der Waals surface area contributed by atoms with Crippen LogP contribution in [-0.2, 0) is 11.3 Å². The Hall–Kier alpha value is -2.61. The molecule has 0 unspecified atom stereocenters. The van der Waals surface area contributed by atoms with Crippen molar-refractivity contribution in [2.24, 2.45) is 0 Å². The van der Waals surface area contributed by atoms with Crippen molar-refractivity contribution < 1.29 is 9.21 Å². The maximum absolute atomic E-state index is 12.2. The summed E-state index contributed by atoms with van der Waals surface area (Å²) in [6, 6.07) is 13.1. The summed E-state index contributed by atoms with van der Waals surface area (Å²) in [7, 11) is 0. The Balaban J connectivity index is 1.63. The summed E-state index contributed by atoms with van der Waals surface area (Å²) in [6.45, 7) is 2.17. The molecule has 8 heteroatoms. The summed E-state index contributed by atoms with van der Waals surface area (Å²) in [5.74, 6) is 0.610. The van der Waals surface area contributed by atoms with E-state index in [1.807, 2.05) is 43.3 Å². The lowest BCUT2D eigenvalue weighted by Crippen LogP contribution is -2.30. The minimum absolute atomic E-state index is 0.103. The maximum atomic E-state index is 12.2. The minimum atomic E-state index is -0.335. The molecule has 2 heterocycles. The standard InChI is InChI=1S/C15H15N5O2S/c1-11(14(21)16-10-13-8-5-9-22-13)23-15-17-18-19-20(15)12-6-3-2-4-7-12/h2-9,11H,10H2,1H3,(H,16,21)/t11-/m1/s1. The molecule has 1 aromatic carbocycles. The number of carbonyl (C=O) groups excluding carboxylic acids is 1.